The fourth-order valence-corrected chi connectivity index (χ4v) is 3.92. The van der Waals surface area contributed by atoms with Gasteiger partial charge in [-0.05, 0) is 30.3 Å². The smallest absolute Gasteiger partial charge is 0.170 e. The predicted molar refractivity (Wildman–Crippen MR) is 93.7 cm³/mol. The van der Waals surface area contributed by atoms with E-state index in [-0.39, 0.29) is 11.4 Å². The van der Waals surface area contributed by atoms with E-state index >= 15 is 0 Å². The number of likely N-dealkylation sites (tertiary alicyclic amines) is 1. The molecule has 126 valence electrons. The van der Waals surface area contributed by atoms with Crippen LogP contribution in [0.1, 0.15) is 35.3 Å². The van der Waals surface area contributed by atoms with Crippen LogP contribution in [0, 0.1) is 0 Å². The summed E-state index contributed by atoms with van der Waals surface area (Å²) in [5, 5.41) is 0.611. The van der Waals surface area contributed by atoms with Gasteiger partial charge in [0.1, 0.15) is 11.4 Å². The number of ether oxygens (including phenoxy) is 1. The number of hydrogen-bond acceptors (Lipinski definition) is 3. The molecule has 1 spiro atoms. The number of nitrogens with zero attached hydrogens (tertiary/aromatic N) is 2. The van der Waals surface area contributed by atoms with Crippen LogP contribution >= 0.6 is 11.6 Å². The second kappa shape index (κ2) is 5.94. The average Bonchev–Trinajstić information content (AvgIpc) is 2.94. The summed E-state index contributed by atoms with van der Waals surface area (Å²) in [5.41, 5.74) is 1.61. The molecule has 0 bridgehead atoms. The van der Waals surface area contributed by atoms with E-state index in [0.29, 0.717) is 22.8 Å². The lowest BCUT2D eigenvalue weighted by atomic mass is 9.82. The minimum Gasteiger partial charge on any atom is -0.486 e. The van der Waals surface area contributed by atoms with E-state index in [1.165, 1.54) is 5.69 Å². The molecule has 1 saturated heterocycles. The summed E-state index contributed by atoms with van der Waals surface area (Å²) in [6.07, 6.45) is 4.29. The van der Waals surface area contributed by atoms with Gasteiger partial charge in [-0.15, -0.1) is 0 Å². The third-order valence-corrected chi connectivity index (χ3v) is 5.49. The number of halogens is 1. The Kier molecular flexibility index (Phi) is 3.89. The zero-order valence-electron chi connectivity index (χ0n) is 13.8. The second-order valence-electron chi connectivity index (χ2n) is 6.91. The highest BCUT2D eigenvalue weighted by atomic mass is 35.5. The maximum absolute atomic E-state index is 12.5. The molecular weight excluding hydrogens is 324 g/mol. The Morgan fingerprint density at radius 1 is 1.25 bits per heavy atom. The minimum atomic E-state index is -0.362. The molecule has 2 aromatic rings. The molecule has 0 amide bonds. The number of piperidine rings is 1. The number of hydrogen-bond donors (Lipinski definition) is 0. The van der Waals surface area contributed by atoms with Crippen molar-refractivity contribution in [3.05, 3.63) is 52.8 Å². The number of carbonyl (C=O) groups excluding carboxylic acids is 1. The molecule has 5 heteroatoms. The number of Topliss-reactive ketones (excluding diaryl/α,β-unsaturated/α-hetero) is 1. The third kappa shape index (κ3) is 2.85. The molecular formula is C19H21ClN2O2. The quantitative estimate of drug-likeness (QED) is 0.833. The number of carbonyl (C=O) groups is 1. The van der Waals surface area contributed by atoms with Crippen LogP contribution in [-0.2, 0) is 13.6 Å². The molecule has 3 heterocycles. The second-order valence-corrected chi connectivity index (χ2v) is 7.35. The first-order valence-corrected chi connectivity index (χ1v) is 8.77. The van der Waals surface area contributed by atoms with Gasteiger partial charge in [0.25, 0.3) is 0 Å². The largest absolute Gasteiger partial charge is 0.486 e. The van der Waals surface area contributed by atoms with Gasteiger partial charge in [-0.2, -0.15) is 0 Å². The molecule has 2 aliphatic heterocycles. The van der Waals surface area contributed by atoms with Crippen LogP contribution in [0.25, 0.3) is 0 Å². The topological polar surface area (TPSA) is 34.5 Å². The summed E-state index contributed by atoms with van der Waals surface area (Å²) in [6, 6.07) is 9.53. The standard InChI is InChI=1S/C19H21ClN2O2/c1-21-8-2-3-15(21)13-22-9-6-19(7-10-22)12-17(23)16-5-4-14(20)11-18(16)24-19/h2-5,8,11H,6-7,9-10,12-13H2,1H3. The molecule has 1 aromatic carbocycles. The van der Waals surface area contributed by atoms with Crippen LogP contribution in [0.15, 0.2) is 36.5 Å². The lowest BCUT2D eigenvalue weighted by Crippen LogP contribution is -2.50. The molecule has 0 saturated carbocycles. The zero-order valence-corrected chi connectivity index (χ0v) is 14.6. The van der Waals surface area contributed by atoms with E-state index in [4.69, 9.17) is 16.3 Å². The Morgan fingerprint density at radius 3 is 2.75 bits per heavy atom. The van der Waals surface area contributed by atoms with Crippen molar-refractivity contribution in [1.29, 1.82) is 0 Å². The number of benzene rings is 1. The van der Waals surface area contributed by atoms with Gasteiger partial charge < -0.3 is 9.30 Å². The summed E-state index contributed by atoms with van der Waals surface area (Å²) in [7, 11) is 2.07. The number of aryl methyl sites for hydroxylation is 1. The molecule has 1 aromatic heterocycles. The number of fused-ring (bicyclic) bond motifs is 1. The molecule has 4 rings (SSSR count). The average molecular weight is 345 g/mol. The maximum atomic E-state index is 12.5. The SMILES string of the molecule is Cn1cccc1CN1CCC2(CC1)CC(=O)c1ccc(Cl)cc1O2. The van der Waals surface area contributed by atoms with Crippen molar-refractivity contribution in [3.63, 3.8) is 0 Å². The molecule has 0 unspecified atom stereocenters. The lowest BCUT2D eigenvalue weighted by Gasteiger charge is -2.44. The fraction of sp³-hybridized carbons (Fsp3) is 0.421. The maximum Gasteiger partial charge on any atom is 0.170 e. The van der Waals surface area contributed by atoms with Crippen molar-refractivity contribution in [2.24, 2.45) is 7.05 Å². The fourth-order valence-electron chi connectivity index (χ4n) is 3.76. The van der Waals surface area contributed by atoms with Gasteiger partial charge in [0.2, 0.25) is 0 Å². The van der Waals surface area contributed by atoms with E-state index < -0.39 is 0 Å². The van der Waals surface area contributed by atoms with Crippen LogP contribution in [-0.4, -0.2) is 33.9 Å². The monoisotopic (exact) mass is 344 g/mol. The normalized spacial score (nSPS) is 20.0. The minimum absolute atomic E-state index is 0.170. The molecule has 2 aliphatic rings. The van der Waals surface area contributed by atoms with Crippen LogP contribution in [0.2, 0.25) is 5.02 Å². The van der Waals surface area contributed by atoms with Crippen molar-refractivity contribution >= 4 is 17.4 Å². The van der Waals surface area contributed by atoms with Gasteiger partial charge in [0, 0.05) is 56.4 Å². The highest BCUT2D eigenvalue weighted by Gasteiger charge is 2.42. The van der Waals surface area contributed by atoms with Gasteiger partial charge in [-0.25, -0.2) is 0 Å². The van der Waals surface area contributed by atoms with Crippen molar-refractivity contribution < 1.29 is 9.53 Å². The Bertz CT molecular complexity index is 775. The summed E-state index contributed by atoms with van der Waals surface area (Å²) in [4.78, 5) is 14.9. The van der Waals surface area contributed by atoms with Gasteiger partial charge >= 0.3 is 0 Å². The van der Waals surface area contributed by atoms with Crippen molar-refractivity contribution in [2.75, 3.05) is 13.1 Å². The van der Waals surface area contributed by atoms with Crippen molar-refractivity contribution in [3.8, 4) is 5.75 Å². The van der Waals surface area contributed by atoms with Crippen molar-refractivity contribution in [1.82, 2.24) is 9.47 Å². The first-order valence-electron chi connectivity index (χ1n) is 8.39. The molecule has 0 aliphatic carbocycles. The first-order chi connectivity index (χ1) is 11.5. The number of ketones is 1. The third-order valence-electron chi connectivity index (χ3n) is 5.26. The summed E-state index contributed by atoms with van der Waals surface area (Å²) in [5.74, 6) is 0.818. The highest BCUT2D eigenvalue weighted by molar-refractivity contribution is 6.30. The molecule has 0 N–H and O–H groups in total. The molecule has 0 radical (unpaired) electrons. The number of aromatic nitrogens is 1. The highest BCUT2D eigenvalue weighted by Crippen LogP contribution is 2.40. The summed E-state index contributed by atoms with van der Waals surface area (Å²) >= 11 is 6.07. The van der Waals surface area contributed by atoms with Gasteiger partial charge in [0.05, 0.1) is 12.0 Å². The lowest BCUT2D eigenvalue weighted by molar-refractivity contribution is -0.0111. The van der Waals surface area contributed by atoms with E-state index in [9.17, 15) is 4.79 Å². The number of rotatable bonds is 2. The van der Waals surface area contributed by atoms with Gasteiger partial charge in [0.15, 0.2) is 5.78 Å². The van der Waals surface area contributed by atoms with Crippen LogP contribution in [0.3, 0.4) is 0 Å². The Hall–Kier alpha value is -1.78. The molecule has 0 atom stereocenters. The van der Waals surface area contributed by atoms with Crippen LogP contribution < -0.4 is 4.74 Å². The van der Waals surface area contributed by atoms with Crippen LogP contribution in [0.5, 0.6) is 5.75 Å². The zero-order chi connectivity index (χ0) is 16.7. The summed E-state index contributed by atoms with van der Waals surface area (Å²) in [6.45, 7) is 2.82. The Morgan fingerprint density at radius 2 is 2.04 bits per heavy atom. The predicted octanol–water partition coefficient (Wildman–Crippen LogP) is 3.68. The van der Waals surface area contributed by atoms with Gasteiger partial charge in [-0.3, -0.25) is 9.69 Å². The molecule has 24 heavy (non-hydrogen) atoms. The van der Waals surface area contributed by atoms with E-state index in [0.717, 1.165) is 32.5 Å². The van der Waals surface area contributed by atoms with E-state index in [1.54, 1.807) is 18.2 Å². The van der Waals surface area contributed by atoms with E-state index in [2.05, 4.69) is 34.8 Å². The van der Waals surface area contributed by atoms with Crippen LogP contribution in [0.4, 0.5) is 0 Å². The Labute approximate surface area is 147 Å². The van der Waals surface area contributed by atoms with Crippen molar-refractivity contribution in [2.45, 2.75) is 31.4 Å². The van der Waals surface area contributed by atoms with E-state index in [1.807, 2.05) is 0 Å². The first kappa shape index (κ1) is 15.7. The molecule has 1 fully saturated rings. The Balaban J connectivity index is 1.47. The molecule has 4 nitrogen and oxygen atoms in total. The summed E-state index contributed by atoms with van der Waals surface area (Å²) < 4.78 is 8.44. The van der Waals surface area contributed by atoms with Gasteiger partial charge in [-0.1, -0.05) is 11.6 Å².